The number of nitrogens with two attached hydrogens (primary N) is 1. The summed E-state index contributed by atoms with van der Waals surface area (Å²) in [7, 11) is 0. The summed E-state index contributed by atoms with van der Waals surface area (Å²) in [5, 5.41) is 10.7. The SMILES string of the molecule is CCCC#Cc1ccc(/C(SC(=C(C)C)C(O)CN)=C(/C)CC)c(OC2=CC(C)=NC(C)=C(C)C2C)c1. The Hall–Kier alpha value is -2.52. The monoisotopic (exact) mass is 520 g/mol. The second-order valence-electron chi connectivity index (χ2n) is 9.84. The molecule has 0 amide bonds. The van der Waals surface area contributed by atoms with Crippen LogP contribution in [-0.4, -0.2) is 23.5 Å². The molecule has 1 aliphatic rings. The minimum atomic E-state index is -0.711. The summed E-state index contributed by atoms with van der Waals surface area (Å²) in [6.07, 6.45) is 4.08. The Morgan fingerprint density at radius 1 is 1.19 bits per heavy atom. The molecule has 37 heavy (non-hydrogen) atoms. The number of aliphatic hydroxyl groups is 1. The first kappa shape index (κ1) is 30.7. The van der Waals surface area contributed by atoms with Gasteiger partial charge in [-0.05, 0) is 84.2 Å². The highest BCUT2D eigenvalue weighted by Gasteiger charge is 2.23. The lowest BCUT2D eigenvalue weighted by atomic mass is 9.98. The molecule has 0 fully saturated rings. The molecule has 0 bridgehead atoms. The maximum Gasteiger partial charge on any atom is 0.136 e. The molecule has 2 atom stereocenters. The summed E-state index contributed by atoms with van der Waals surface area (Å²) in [5.74, 6) is 8.25. The van der Waals surface area contributed by atoms with Crippen LogP contribution in [0.25, 0.3) is 4.91 Å². The molecule has 0 saturated carbocycles. The zero-order chi connectivity index (χ0) is 27.7. The smallest absolute Gasteiger partial charge is 0.136 e. The van der Waals surface area contributed by atoms with Gasteiger partial charge in [-0.3, -0.25) is 4.99 Å². The highest BCUT2D eigenvalue weighted by molar-refractivity contribution is 8.11. The number of nitrogens with zero attached hydrogens (tertiary/aromatic N) is 1. The molecular weight excluding hydrogens is 476 g/mol. The van der Waals surface area contributed by atoms with Crippen molar-refractivity contribution in [1.29, 1.82) is 0 Å². The normalized spacial score (nSPS) is 17.1. The number of benzene rings is 1. The van der Waals surface area contributed by atoms with E-state index in [1.807, 2.05) is 39.8 Å². The van der Waals surface area contributed by atoms with Gasteiger partial charge in [0.2, 0.25) is 0 Å². The van der Waals surface area contributed by atoms with Crippen molar-refractivity contribution in [3.8, 4) is 17.6 Å². The van der Waals surface area contributed by atoms with Crippen molar-refractivity contribution in [2.45, 2.75) is 87.7 Å². The Kier molecular flexibility index (Phi) is 12.0. The number of aliphatic hydroxyl groups excluding tert-OH is 1. The Labute approximate surface area is 228 Å². The van der Waals surface area contributed by atoms with E-state index in [4.69, 9.17) is 15.5 Å². The van der Waals surface area contributed by atoms with Crippen molar-refractivity contribution >= 4 is 22.4 Å². The Bertz CT molecular complexity index is 1200. The van der Waals surface area contributed by atoms with Crippen molar-refractivity contribution in [2.24, 2.45) is 16.6 Å². The van der Waals surface area contributed by atoms with Gasteiger partial charge in [0.15, 0.2) is 0 Å². The number of hydrogen-bond donors (Lipinski definition) is 2. The number of hydrogen-bond acceptors (Lipinski definition) is 5. The molecule has 3 N–H and O–H groups in total. The number of thioether (sulfide) groups is 1. The molecule has 0 spiro atoms. The maximum atomic E-state index is 10.7. The second kappa shape index (κ2) is 14.4. The van der Waals surface area contributed by atoms with Crippen molar-refractivity contribution in [3.05, 3.63) is 68.5 Å². The van der Waals surface area contributed by atoms with Gasteiger partial charge in [-0.15, -0.1) is 0 Å². The number of rotatable bonds is 9. The summed E-state index contributed by atoms with van der Waals surface area (Å²) < 4.78 is 6.75. The minimum Gasteiger partial charge on any atom is -0.460 e. The van der Waals surface area contributed by atoms with E-state index in [9.17, 15) is 5.11 Å². The van der Waals surface area contributed by atoms with Crippen LogP contribution in [0.4, 0.5) is 0 Å². The lowest BCUT2D eigenvalue weighted by Crippen LogP contribution is -2.21. The van der Waals surface area contributed by atoms with Gasteiger partial charge in [-0.25, -0.2) is 0 Å². The average Bonchev–Trinajstić information content (AvgIpc) is 2.95. The summed E-state index contributed by atoms with van der Waals surface area (Å²) in [6.45, 7) is 18.9. The Morgan fingerprint density at radius 2 is 1.89 bits per heavy atom. The van der Waals surface area contributed by atoms with Crippen LogP contribution in [-0.2, 0) is 0 Å². The van der Waals surface area contributed by atoms with E-state index in [-0.39, 0.29) is 12.5 Å². The first-order valence-electron chi connectivity index (χ1n) is 13.2. The third-order valence-electron chi connectivity index (χ3n) is 6.55. The van der Waals surface area contributed by atoms with Crippen molar-refractivity contribution in [3.63, 3.8) is 0 Å². The van der Waals surface area contributed by atoms with Crippen LogP contribution >= 0.6 is 11.8 Å². The molecular formula is C32H44N2O2S. The zero-order valence-corrected chi connectivity index (χ0v) is 24.9. The highest BCUT2D eigenvalue weighted by Crippen LogP contribution is 2.44. The third kappa shape index (κ3) is 8.23. The van der Waals surface area contributed by atoms with Gasteiger partial charge in [0.05, 0.1) is 6.10 Å². The molecule has 1 aliphatic heterocycles. The molecule has 1 heterocycles. The van der Waals surface area contributed by atoms with E-state index in [1.165, 1.54) is 11.1 Å². The molecule has 0 aliphatic carbocycles. The fraction of sp³-hybridized carbons (Fsp3) is 0.469. The standard InChI is InChI=1S/C32H44N2O2S/c1-10-12-13-14-26-15-16-27(32(21(5)11-2)37-31(20(3)4)28(35)19-33)30(18-26)36-29-17-22(6)34-25(9)23(7)24(29)8/h15-18,24,28,35H,10-12,19,33H2,1-9H3/b32-21+. The van der Waals surface area contributed by atoms with E-state index in [0.29, 0.717) is 0 Å². The average molecular weight is 521 g/mol. The van der Waals surface area contributed by atoms with Crippen LogP contribution in [0, 0.1) is 17.8 Å². The van der Waals surface area contributed by atoms with Crippen LogP contribution in [0.5, 0.6) is 5.75 Å². The molecule has 1 aromatic rings. The summed E-state index contributed by atoms with van der Waals surface area (Å²) in [5.41, 5.74) is 13.2. The fourth-order valence-electron chi connectivity index (χ4n) is 3.90. The molecule has 1 aromatic carbocycles. The summed E-state index contributed by atoms with van der Waals surface area (Å²) in [4.78, 5) is 6.66. The van der Waals surface area contributed by atoms with Crippen LogP contribution in [0.3, 0.4) is 0 Å². The van der Waals surface area contributed by atoms with Gasteiger partial charge >= 0.3 is 0 Å². The topological polar surface area (TPSA) is 67.8 Å². The van der Waals surface area contributed by atoms with E-state index in [1.54, 1.807) is 11.8 Å². The predicted molar refractivity (Wildman–Crippen MR) is 161 cm³/mol. The quantitative estimate of drug-likeness (QED) is 0.324. The van der Waals surface area contributed by atoms with Gasteiger partial charge in [0.1, 0.15) is 11.5 Å². The minimum absolute atomic E-state index is 0.0867. The molecule has 2 unspecified atom stereocenters. The van der Waals surface area contributed by atoms with Gasteiger partial charge in [0.25, 0.3) is 0 Å². The third-order valence-corrected chi connectivity index (χ3v) is 8.23. The Balaban J connectivity index is 2.72. The first-order chi connectivity index (χ1) is 17.5. The summed E-state index contributed by atoms with van der Waals surface area (Å²) in [6, 6.07) is 6.20. The number of allylic oxidation sites excluding steroid dienone is 5. The Morgan fingerprint density at radius 3 is 2.49 bits per heavy atom. The van der Waals surface area contributed by atoms with E-state index < -0.39 is 6.10 Å². The molecule has 4 nitrogen and oxygen atoms in total. The predicted octanol–water partition coefficient (Wildman–Crippen LogP) is 7.99. The molecule has 5 heteroatoms. The van der Waals surface area contributed by atoms with Crippen LogP contribution in [0.1, 0.15) is 92.7 Å². The van der Waals surface area contributed by atoms with Gasteiger partial charge in [-0.2, -0.15) is 0 Å². The number of unbranched alkanes of at least 4 members (excludes halogenated alkanes) is 1. The molecule has 0 aromatic heterocycles. The fourth-order valence-corrected chi connectivity index (χ4v) is 5.16. The van der Waals surface area contributed by atoms with Crippen LogP contribution in [0.15, 0.2) is 62.3 Å². The molecule has 200 valence electrons. The summed E-state index contributed by atoms with van der Waals surface area (Å²) >= 11 is 1.59. The lowest BCUT2D eigenvalue weighted by molar-refractivity contribution is 0.227. The van der Waals surface area contributed by atoms with E-state index in [2.05, 4.69) is 58.6 Å². The van der Waals surface area contributed by atoms with Crippen LogP contribution in [0.2, 0.25) is 0 Å². The number of aliphatic imine (C=N–C) groups is 1. The maximum absolute atomic E-state index is 10.7. The molecule has 0 radical (unpaired) electrons. The van der Waals surface area contributed by atoms with Gasteiger partial charge in [0, 0.05) is 51.2 Å². The van der Waals surface area contributed by atoms with Crippen molar-refractivity contribution in [2.75, 3.05) is 6.54 Å². The van der Waals surface area contributed by atoms with Crippen molar-refractivity contribution < 1.29 is 9.84 Å². The van der Waals surface area contributed by atoms with Gasteiger partial charge < -0.3 is 15.6 Å². The van der Waals surface area contributed by atoms with E-state index >= 15 is 0 Å². The number of ether oxygens (including phenoxy) is 1. The van der Waals surface area contributed by atoms with Crippen molar-refractivity contribution in [1.82, 2.24) is 0 Å². The first-order valence-corrected chi connectivity index (χ1v) is 14.0. The van der Waals surface area contributed by atoms with Gasteiger partial charge in [-0.1, -0.05) is 55.5 Å². The lowest BCUT2D eigenvalue weighted by Gasteiger charge is -2.23. The molecule has 2 rings (SSSR count). The zero-order valence-electron chi connectivity index (χ0n) is 24.1. The molecule has 0 saturated heterocycles. The largest absolute Gasteiger partial charge is 0.460 e. The highest BCUT2D eigenvalue weighted by atomic mass is 32.2. The van der Waals surface area contributed by atoms with Crippen LogP contribution < -0.4 is 10.5 Å². The second-order valence-corrected chi connectivity index (χ2v) is 10.9. The van der Waals surface area contributed by atoms with E-state index in [0.717, 1.165) is 68.7 Å².